The van der Waals surface area contributed by atoms with Crippen LogP contribution in [-0.4, -0.2) is 107 Å². The molecule has 4 fully saturated rings. The van der Waals surface area contributed by atoms with Crippen LogP contribution < -0.4 is 29.7 Å². The van der Waals surface area contributed by atoms with Crippen LogP contribution in [0, 0.1) is 28.5 Å². The normalized spacial score (nSPS) is 15.6. The van der Waals surface area contributed by atoms with Crippen molar-refractivity contribution in [3.05, 3.63) is 217 Å². The average Bonchev–Trinajstić information content (AvgIpc) is 1.63. The molecule has 119 heavy (non-hydrogen) atoms. The number of halogens is 1. The number of nitrogens with one attached hydrogen (secondary N) is 1. The first-order valence-electron chi connectivity index (χ1n) is 43.7. The van der Waals surface area contributed by atoms with E-state index in [2.05, 4.69) is 310 Å². The van der Waals surface area contributed by atoms with E-state index in [0.29, 0.717) is 52.4 Å². The number of pyridine rings is 6. The second kappa shape index (κ2) is 46.1. The van der Waals surface area contributed by atoms with Gasteiger partial charge in [0.1, 0.15) is 29.3 Å². The second-order valence-electron chi connectivity index (χ2n) is 39.6. The van der Waals surface area contributed by atoms with Gasteiger partial charge in [-0.05, 0) is 196 Å². The Kier molecular flexibility index (Phi) is 39.2. The zero-order valence-corrected chi connectivity index (χ0v) is 80.2. The highest BCUT2D eigenvalue weighted by Gasteiger charge is 2.45. The molecule has 0 radical (unpaired) electrons. The minimum Gasteiger partial charge on any atom is -0.495 e. The van der Waals surface area contributed by atoms with Gasteiger partial charge in [-0.15, -0.1) is 0 Å². The van der Waals surface area contributed by atoms with E-state index in [1.54, 1.807) is 38.8 Å². The molecule has 9 heterocycles. The lowest BCUT2D eigenvalue weighted by Gasteiger charge is -2.28. The molecule has 654 valence electrons. The lowest BCUT2D eigenvalue weighted by atomic mass is 9.86. The number of benzene rings is 2. The third-order valence-electron chi connectivity index (χ3n) is 22.0. The first-order valence-corrected chi connectivity index (χ1v) is 45.3. The molecular formula is C102H153FN10O5S. The topological polar surface area (TPSA) is 176 Å². The fraction of sp³-hybridized carbons (Fsp3) is 0.578. The van der Waals surface area contributed by atoms with E-state index in [1.165, 1.54) is 73.0 Å². The van der Waals surface area contributed by atoms with E-state index >= 15 is 0 Å². The predicted molar refractivity (Wildman–Crippen MR) is 501 cm³/mol. The van der Waals surface area contributed by atoms with Gasteiger partial charge in [0.05, 0.1) is 49.3 Å². The Morgan fingerprint density at radius 1 is 0.513 bits per heavy atom. The van der Waals surface area contributed by atoms with Gasteiger partial charge in [-0.2, -0.15) is 5.26 Å². The summed E-state index contributed by atoms with van der Waals surface area (Å²) in [5.74, 6) is 8.34. The fourth-order valence-corrected chi connectivity index (χ4v) is 14.9. The van der Waals surface area contributed by atoms with Crippen LogP contribution in [0.25, 0.3) is 0 Å². The smallest absolute Gasteiger partial charge is 0.251 e. The van der Waals surface area contributed by atoms with Crippen LogP contribution in [0.3, 0.4) is 0 Å². The monoisotopic (exact) mass is 1650 g/mol. The van der Waals surface area contributed by atoms with Gasteiger partial charge in [0.2, 0.25) is 0 Å². The Labute approximate surface area is 722 Å². The minimum absolute atomic E-state index is 0.0352. The molecule has 3 saturated heterocycles. The predicted octanol–water partition coefficient (Wildman–Crippen LogP) is 25.2. The average molecular weight is 1650 g/mol. The Morgan fingerprint density at radius 2 is 0.975 bits per heavy atom. The van der Waals surface area contributed by atoms with E-state index in [4.69, 9.17) is 19.5 Å². The van der Waals surface area contributed by atoms with Gasteiger partial charge in [0.15, 0.2) is 11.4 Å². The maximum absolute atomic E-state index is 13.4. The molecule has 6 aromatic heterocycles. The number of nitriles is 1. The van der Waals surface area contributed by atoms with Crippen molar-refractivity contribution in [2.24, 2.45) is 11.3 Å². The number of rotatable bonds is 14. The molecular weight excluding hydrogens is 1500 g/mol. The summed E-state index contributed by atoms with van der Waals surface area (Å²) < 4.78 is 41.0. The summed E-state index contributed by atoms with van der Waals surface area (Å²) in [6.45, 7) is 70.6. The van der Waals surface area contributed by atoms with Gasteiger partial charge >= 0.3 is 0 Å². The Bertz CT molecular complexity index is 4530. The van der Waals surface area contributed by atoms with Gasteiger partial charge in [0, 0.05) is 126 Å². The standard InChI is InChI=1S/C14H20N2O.C13H18FN.C13H21NOS.C13H21NO.C13H18.C12H18N2O.C12H18N2.C12H19NO/c1-9(2)10-7-12(14(3,4)5)16-11(8-15)13(10)17-6;1-10(2)11-7-12(14)9-13(8-11)15-5-3-4-6-15;1-9(2)10-7-12(13(3,4)5)14-8-11(10)16(6)15;1-9(2)10-7-12(13(3,4)5)14-8-11(10)15-6;1-13(2,3)12-9-11(12)10-7-5-4-6-8-10;1-10(2)11-3-4-13-12(9-11)14-5-7-15-8-6-14;1-10(2)11-5-6-13-12(9-11)14-7-3-4-8-14;1-8(2)10-6-9(12(3,4)5)7-13-11(10)14/h7,9H,1-6H3;7-10H,3-6H2,1-2H3;7-9H,1-6H3;7-9H,1-6H3;4-8,11-12H,9H2,1-3H3;3-4,9-10H,5-8H2,1-2H3;5-6,9-10H,3-4,7-8H2,1-2H3;6-8H,1-5H3,(H,13,14). The quantitative estimate of drug-likeness (QED) is 0.109. The number of methoxy groups -OCH3 is 2. The number of morpholine rings is 1. The van der Waals surface area contributed by atoms with Crippen LogP contribution in [0.2, 0.25) is 0 Å². The van der Waals surface area contributed by atoms with E-state index in [0.717, 1.165) is 119 Å². The molecule has 1 aliphatic carbocycles. The van der Waals surface area contributed by atoms with Crippen LogP contribution in [0.4, 0.5) is 21.7 Å². The molecule has 12 rings (SSSR count). The SMILES string of the molecule is CC(C)(C)C1CC1c1ccccc1.CC(C)c1cc(C(C)(C)C)c[nH]c1=O.CC(C)c1cc(C(C)(C)C)ncc1S(C)=O.CC(C)c1cc(F)cc(N2CCCC2)c1.CC(C)c1ccnc(N2CCCC2)c1.CC(C)c1ccnc(N2CCOCC2)c1.COc1c(C(C)C)cc(C(C)(C)C)nc1C#N.COc1cnc(C(C)(C)C)cc1C(C)C. The van der Waals surface area contributed by atoms with Crippen molar-refractivity contribution in [3.63, 3.8) is 0 Å². The lowest BCUT2D eigenvalue weighted by molar-refractivity contribution is 0.122. The molecule has 3 atom stereocenters. The highest BCUT2D eigenvalue weighted by molar-refractivity contribution is 7.84. The number of hydrogen-bond acceptors (Lipinski definition) is 14. The highest BCUT2D eigenvalue weighted by Crippen LogP contribution is 2.56. The molecule has 4 aliphatic rings. The van der Waals surface area contributed by atoms with Gasteiger partial charge in [-0.25, -0.2) is 19.3 Å². The van der Waals surface area contributed by atoms with Crippen molar-refractivity contribution < 1.29 is 22.8 Å². The lowest BCUT2D eigenvalue weighted by Crippen LogP contribution is -2.36. The number of anilines is 3. The van der Waals surface area contributed by atoms with Gasteiger partial charge in [-0.1, -0.05) is 231 Å². The van der Waals surface area contributed by atoms with Crippen LogP contribution >= 0.6 is 0 Å². The molecule has 0 amide bonds. The summed E-state index contributed by atoms with van der Waals surface area (Å²) in [6, 6.07) is 35.4. The number of nitrogens with zero attached hydrogens (tertiary/aromatic N) is 9. The summed E-state index contributed by atoms with van der Waals surface area (Å²) in [7, 11) is 2.32. The molecule has 0 bridgehead atoms. The first kappa shape index (κ1) is 101. The maximum atomic E-state index is 13.4. The van der Waals surface area contributed by atoms with Crippen LogP contribution in [0.1, 0.15) is 353 Å². The first-order chi connectivity index (χ1) is 55.5. The Balaban J connectivity index is 0.000000242. The third kappa shape index (κ3) is 32.2. The summed E-state index contributed by atoms with van der Waals surface area (Å²) in [6.07, 6.45) is 17.4. The molecule has 1 N–H and O–H groups in total. The molecule has 0 spiro atoms. The van der Waals surface area contributed by atoms with Crippen molar-refractivity contribution in [1.82, 2.24) is 29.9 Å². The van der Waals surface area contributed by atoms with E-state index in [1.807, 2.05) is 50.8 Å². The van der Waals surface area contributed by atoms with E-state index in [-0.39, 0.29) is 39.0 Å². The minimum atomic E-state index is -0.959. The molecule has 2 aromatic carbocycles. The van der Waals surface area contributed by atoms with Crippen molar-refractivity contribution in [1.29, 1.82) is 5.26 Å². The van der Waals surface area contributed by atoms with E-state index in [9.17, 15) is 13.4 Å². The van der Waals surface area contributed by atoms with Crippen molar-refractivity contribution in [2.75, 3.05) is 87.7 Å². The molecule has 3 unspecified atom stereocenters. The molecule has 1 saturated carbocycles. The van der Waals surface area contributed by atoms with Crippen LogP contribution in [0.5, 0.6) is 11.5 Å². The van der Waals surface area contributed by atoms with Crippen molar-refractivity contribution >= 4 is 28.1 Å². The Hall–Kier alpha value is -8.33. The zero-order chi connectivity index (χ0) is 89.2. The van der Waals surface area contributed by atoms with Gasteiger partial charge < -0.3 is 33.9 Å². The summed E-state index contributed by atoms with van der Waals surface area (Å²) in [5, 5.41) is 9.15. The van der Waals surface area contributed by atoms with Gasteiger partial charge in [-0.3, -0.25) is 19.0 Å². The number of H-pyrrole nitrogens is 1. The van der Waals surface area contributed by atoms with Crippen molar-refractivity contribution in [2.45, 2.75) is 307 Å². The summed E-state index contributed by atoms with van der Waals surface area (Å²) in [4.78, 5) is 44.2. The largest absolute Gasteiger partial charge is 0.495 e. The number of hydrogen-bond donors (Lipinski definition) is 1. The molecule has 17 heteroatoms. The Morgan fingerprint density at radius 3 is 1.39 bits per heavy atom. The van der Waals surface area contributed by atoms with Crippen molar-refractivity contribution in [3.8, 4) is 17.6 Å². The highest BCUT2D eigenvalue weighted by atomic mass is 32.2. The van der Waals surface area contributed by atoms with E-state index < -0.39 is 10.8 Å². The number of aromatic nitrogens is 6. The summed E-state index contributed by atoms with van der Waals surface area (Å²) in [5.41, 5.74) is 16.1. The maximum Gasteiger partial charge on any atom is 0.251 e. The van der Waals surface area contributed by atoms with Crippen LogP contribution in [-0.2, 0) is 37.2 Å². The second-order valence-corrected chi connectivity index (χ2v) is 40.9. The molecule has 8 aromatic rings. The molecule has 15 nitrogen and oxygen atoms in total. The number of aromatic amines is 1. The number of ether oxygens (including phenoxy) is 3. The third-order valence-corrected chi connectivity index (χ3v) is 23.0. The zero-order valence-electron chi connectivity index (χ0n) is 79.4. The summed E-state index contributed by atoms with van der Waals surface area (Å²) >= 11 is 0. The van der Waals surface area contributed by atoms with Crippen LogP contribution in [0.15, 0.2) is 138 Å². The van der Waals surface area contributed by atoms with Gasteiger partial charge in [0.25, 0.3) is 5.56 Å². The fourth-order valence-electron chi connectivity index (χ4n) is 14.0. The molecule has 3 aliphatic heterocycles.